The van der Waals surface area contributed by atoms with E-state index < -0.39 is 17.6 Å². The van der Waals surface area contributed by atoms with Crippen LogP contribution < -0.4 is 5.32 Å². The van der Waals surface area contributed by atoms with Crippen molar-refractivity contribution in [1.82, 2.24) is 15.1 Å². The standard InChI is InChI=1S/C30H36N6O5/c1-30(2,3)41-29(40)36(22-9-7-21(8-10-22)33-34-31)23-15-19(16-23)5-4-18-6-11-24-20(14-18)17-35(28(24)39)25-12-13-26(37)32-27(25)38/h6,11,14,19,21-23,25H,7-10,12-13,15-17H2,1-3H3,(H,32,37,38)/t19-,21-,22+,23+,25?. The van der Waals surface area contributed by atoms with Crippen LogP contribution in [0.15, 0.2) is 23.3 Å². The first-order chi connectivity index (χ1) is 19.5. The molecule has 1 unspecified atom stereocenters. The number of carbonyl (C=O) groups is 4. The van der Waals surface area contributed by atoms with E-state index in [2.05, 4.69) is 27.2 Å². The first-order valence-electron chi connectivity index (χ1n) is 14.4. The number of nitrogens with one attached hydrogen (secondary N) is 1. The molecule has 4 aliphatic rings. The third kappa shape index (κ3) is 6.33. The molecule has 4 amide bonds. The molecule has 2 aliphatic heterocycles. The second-order valence-corrected chi connectivity index (χ2v) is 12.4. The highest BCUT2D eigenvalue weighted by molar-refractivity contribution is 6.05. The number of hydrogen-bond donors (Lipinski definition) is 1. The molecule has 11 heteroatoms. The lowest BCUT2D eigenvalue weighted by molar-refractivity contribution is -0.136. The van der Waals surface area contributed by atoms with E-state index in [0.717, 1.165) is 49.7 Å². The predicted octanol–water partition coefficient (Wildman–Crippen LogP) is 4.44. The van der Waals surface area contributed by atoms with Crippen molar-refractivity contribution in [2.45, 2.75) is 108 Å². The van der Waals surface area contributed by atoms with Gasteiger partial charge in [0, 0.05) is 53.0 Å². The van der Waals surface area contributed by atoms with Crippen molar-refractivity contribution >= 4 is 23.8 Å². The van der Waals surface area contributed by atoms with Crippen LogP contribution in [0.5, 0.6) is 0 Å². The number of carbonyl (C=O) groups excluding carboxylic acids is 4. The zero-order valence-corrected chi connectivity index (χ0v) is 23.8. The number of benzene rings is 1. The molecule has 41 heavy (non-hydrogen) atoms. The van der Waals surface area contributed by atoms with Crippen LogP contribution >= 0.6 is 0 Å². The lowest BCUT2D eigenvalue weighted by Gasteiger charge is -2.46. The summed E-state index contributed by atoms with van der Waals surface area (Å²) >= 11 is 0. The average Bonchev–Trinajstić information content (AvgIpc) is 3.20. The minimum Gasteiger partial charge on any atom is -0.444 e. The highest BCUT2D eigenvalue weighted by atomic mass is 16.6. The SMILES string of the molecule is CC(C)(C)OC(=O)N([C@H]1CC[C@@H](N=[N+]=[N-])CC1)[C@H]1C[C@@H](C#Cc2ccc3c(c2)CN(C2CCC(=O)NC2=O)C3=O)C1. The first-order valence-corrected chi connectivity index (χ1v) is 14.4. The molecule has 0 bridgehead atoms. The second kappa shape index (κ2) is 11.5. The largest absolute Gasteiger partial charge is 0.444 e. The van der Waals surface area contributed by atoms with Gasteiger partial charge in [0.15, 0.2) is 0 Å². The van der Waals surface area contributed by atoms with Crippen molar-refractivity contribution in [3.63, 3.8) is 0 Å². The van der Waals surface area contributed by atoms with Crippen molar-refractivity contribution in [3.8, 4) is 11.8 Å². The van der Waals surface area contributed by atoms with Gasteiger partial charge in [-0.1, -0.05) is 17.0 Å². The molecule has 2 aliphatic carbocycles. The molecular formula is C30H36N6O5. The number of rotatable bonds is 4. The highest BCUT2D eigenvalue weighted by Crippen LogP contribution is 2.37. The molecule has 3 fully saturated rings. The van der Waals surface area contributed by atoms with Crippen LogP contribution in [0.25, 0.3) is 10.4 Å². The number of hydrogen-bond acceptors (Lipinski definition) is 6. The fourth-order valence-corrected chi connectivity index (χ4v) is 6.21. The van der Waals surface area contributed by atoms with Crippen molar-refractivity contribution < 1.29 is 23.9 Å². The Morgan fingerprint density at radius 2 is 1.85 bits per heavy atom. The smallest absolute Gasteiger partial charge is 0.410 e. The van der Waals surface area contributed by atoms with Gasteiger partial charge in [-0.05, 0) is 95.0 Å². The summed E-state index contributed by atoms with van der Waals surface area (Å²) in [5.41, 5.74) is 10.4. The van der Waals surface area contributed by atoms with Gasteiger partial charge < -0.3 is 14.5 Å². The molecule has 0 aromatic heterocycles. The summed E-state index contributed by atoms with van der Waals surface area (Å²) in [6, 6.07) is 4.92. The Bertz CT molecular complexity index is 1350. The van der Waals surface area contributed by atoms with Crippen LogP contribution in [-0.4, -0.2) is 63.4 Å². The Morgan fingerprint density at radius 1 is 1.12 bits per heavy atom. The van der Waals surface area contributed by atoms with Crippen molar-refractivity contribution in [2.24, 2.45) is 11.0 Å². The molecule has 5 rings (SSSR count). The molecule has 0 spiro atoms. The van der Waals surface area contributed by atoms with Gasteiger partial charge in [0.05, 0.1) is 0 Å². The van der Waals surface area contributed by atoms with E-state index in [0.29, 0.717) is 18.5 Å². The van der Waals surface area contributed by atoms with Crippen molar-refractivity contribution in [3.05, 3.63) is 45.3 Å². The van der Waals surface area contributed by atoms with Gasteiger partial charge in [0.25, 0.3) is 5.91 Å². The van der Waals surface area contributed by atoms with Crippen LogP contribution in [0.2, 0.25) is 0 Å². The van der Waals surface area contributed by atoms with Gasteiger partial charge in [-0.3, -0.25) is 19.7 Å². The van der Waals surface area contributed by atoms with E-state index in [4.69, 9.17) is 10.3 Å². The van der Waals surface area contributed by atoms with E-state index in [-0.39, 0.29) is 48.4 Å². The highest BCUT2D eigenvalue weighted by Gasteiger charge is 2.42. The monoisotopic (exact) mass is 560 g/mol. The minimum absolute atomic E-state index is 0.0181. The van der Waals surface area contributed by atoms with E-state index in [1.807, 2.05) is 37.8 Å². The average molecular weight is 561 g/mol. The van der Waals surface area contributed by atoms with Gasteiger partial charge in [0.2, 0.25) is 11.8 Å². The van der Waals surface area contributed by atoms with Crippen LogP contribution in [-0.2, 0) is 20.9 Å². The first kappa shape index (κ1) is 28.5. The molecule has 1 atom stereocenters. The van der Waals surface area contributed by atoms with Crippen LogP contribution in [0, 0.1) is 17.8 Å². The Kier molecular flexibility index (Phi) is 7.96. The summed E-state index contributed by atoms with van der Waals surface area (Å²) in [5.74, 6) is 5.78. The molecule has 0 radical (unpaired) electrons. The van der Waals surface area contributed by atoms with Gasteiger partial charge >= 0.3 is 6.09 Å². The molecule has 2 heterocycles. The third-order valence-corrected chi connectivity index (χ3v) is 8.33. The Morgan fingerprint density at radius 3 is 2.51 bits per heavy atom. The number of ether oxygens (including phenoxy) is 1. The second-order valence-electron chi connectivity index (χ2n) is 12.4. The number of piperidine rings is 1. The van der Waals surface area contributed by atoms with E-state index >= 15 is 0 Å². The van der Waals surface area contributed by atoms with Crippen LogP contribution in [0.4, 0.5) is 4.79 Å². The van der Waals surface area contributed by atoms with Gasteiger partial charge in [-0.15, -0.1) is 0 Å². The maximum absolute atomic E-state index is 13.2. The summed E-state index contributed by atoms with van der Waals surface area (Å²) in [7, 11) is 0. The Hall–Kier alpha value is -4.03. The molecule has 2 saturated carbocycles. The number of amides is 4. The maximum atomic E-state index is 13.2. The zero-order chi connectivity index (χ0) is 29.3. The number of fused-ring (bicyclic) bond motifs is 1. The maximum Gasteiger partial charge on any atom is 0.410 e. The topological polar surface area (TPSA) is 145 Å². The number of azide groups is 1. The minimum atomic E-state index is -0.643. The lowest BCUT2D eigenvalue weighted by Crippen LogP contribution is -2.54. The van der Waals surface area contributed by atoms with Crippen molar-refractivity contribution in [2.75, 3.05) is 0 Å². The molecule has 216 valence electrons. The summed E-state index contributed by atoms with van der Waals surface area (Å²) < 4.78 is 5.76. The normalized spacial score (nSPS) is 27.4. The Balaban J connectivity index is 1.22. The number of imide groups is 1. The molecule has 1 saturated heterocycles. The fraction of sp³-hybridized carbons (Fsp3) is 0.600. The summed E-state index contributed by atoms with van der Waals surface area (Å²) in [4.78, 5) is 56.3. The quantitative estimate of drug-likeness (QED) is 0.190. The van der Waals surface area contributed by atoms with Crippen LogP contribution in [0.3, 0.4) is 0 Å². The lowest BCUT2D eigenvalue weighted by atomic mass is 9.78. The van der Waals surface area contributed by atoms with E-state index in [1.54, 1.807) is 6.07 Å². The van der Waals surface area contributed by atoms with E-state index in [9.17, 15) is 19.2 Å². The van der Waals surface area contributed by atoms with Crippen LogP contribution in [0.1, 0.15) is 93.6 Å². The van der Waals surface area contributed by atoms with Gasteiger partial charge in [0.1, 0.15) is 11.6 Å². The molecule has 1 N–H and O–H groups in total. The van der Waals surface area contributed by atoms with Gasteiger partial charge in [-0.25, -0.2) is 4.79 Å². The molecular weight excluding hydrogens is 524 g/mol. The summed E-state index contributed by atoms with van der Waals surface area (Å²) in [5, 5.41) is 6.19. The predicted molar refractivity (Wildman–Crippen MR) is 149 cm³/mol. The Labute approximate surface area is 239 Å². The molecule has 1 aromatic rings. The van der Waals surface area contributed by atoms with Crippen molar-refractivity contribution in [1.29, 1.82) is 0 Å². The fourth-order valence-electron chi connectivity index (χ4n) is 6.21. The van der Waals surface area contributed by atoms with E-state index in [1.165, 1.54) is 4.90 Å². The summed E-state index contributed by atoms with van der Waals surface area (Å²) in [6.07, 6.45) is 4.83. The summed E-state index contributed by atoms with van der Waals surface area (Å²) in [6.45, 7) is 5.91. The zero-order valence-electron chi connectivity index (χ0n) is 23.8. The van der Waals surface area contributed by atoms with Gasteiger partial charge in [-0.2, -0.15) is 0 Å². The number of nitrogens with zero attached hydrogens (tertiary/aromatic N) is 5. The molecule has 11 nitrogen and oxygen atoms in total. The third-order valence-electron chi connectivity index (χ3n) is 8.33. The molecule has 1 aromatic carbocycles.